The van der Waals surface area contributed by atoms with E-state index in [1.54, 1.807) is 18.2 Å². The minimum absolute atomic E-state index is 0.0675. The van der Waals surface area contributed by atoms with E-state index in [9.17, 15) is 33.7 Å². The van der Waals surface area contributed by atoms with E-state index in [0.717, 1.165) is 17.7 Å². The summed E-state index contributed by atoms with van der Waals surface area (Å²) in [6.07, 6.45) is 1.32. The van der Waals surface area contributed by atoms with Gasteiger partial charge in [0.1, 0.15) is 6.07 Å². The molecule has 4 aromatic rings. The van der Waals surface area contributed by atoms with Crippen LogP contribution in [0.25, 0.3) is 10.9 Å². The fraction of sp³-hybridized carbons (Fsp3) is 0.179. The molecule has 0 spiro atoms. The zero-order chi connectivity index (χ0) is 30.4. The Hall–Kier alpha value is -5.26. The highest BCUT2D eigenvalue weighted by Crippen LogP contribution is 2.37. The topological polar surface area (TPSA) is 197 Å². The number of amides is 1. The number of nitrogens with one attached hydrogen (secondary N) is 3. The van der Waals surface area contributed by atoms with Crippen molar-refractivity contribution in [2.45, 2.75) is 18.2 Å². The Balaban J connectivity index is 1.48. The Bertz CT molecular complexity index is 1840. The minimum Gasteiger partial charge on any atom is -0.504 e. The molecule has 13 nitrogen and oxygen atoms in total. The van der Waals surface area contributed by atoms with E-state index in [4.69, 9.17) is 4.74 Å². The molecule has 216 valence electrons. The van der Waals surface area contributed by atoms with Crippen LogP contribution < -0.4 is 20.1 Å². The summed E-state index contributed by atoms with van der Waals surface area (Å²) in [5.74, 6) is -0.316. The number of aryl methyl sites for hydroxylation is 1. The van der Waals surface area contributed by atoms with Crippen LogP contribution in [-0.2, 0) is 21.2 Å². The number of phenols is 1. The molecule has 0 atom stereocenters. The predicted octanol–water partition coefficient (Wildman–Crippen LogP) is 3.42. The molecular formula is C28H26N6O7S. The van der Waals surface area contributed by atoms with Crippen molar-refractivity contribution >= 4 is 43.9 Å². The zero-order valence-corrected chi connectivity index (χ0v) is 23.4. The number of sulfonamides is 1. The maximum absolute atomic E-state index is 12.8. The number of ether oxygens (including phenoxy) is 1. The lowest BCUT2D eigenvalue weighted by Gasteiger charge is -2.16. The highest BCUT2D eigenvalue weighted by Gasteiger charge is 2.24. The van der Waals surface area contributed by atoms with Gasteiger partial charge in [0.25, 0.3) is 5.69 Å². The second-order valence-corrected chi connectivity index (χ2v) is 10.9. The number of nitriles is 1. The summed E-state index contributed by atoms with van der Waals surface area (Å²) in [5.41, 5.74) is 2.54. The van der Waals surface area contributed by atoms with Crippen molar-refractivity contribution in [2.24, 2.45) is 0 Å². The lowest BCUT2D eigenvalue weighted by atomic mass is 10.0. The van der Waals surface area contributed by atoms with Crippen LogP contribution in [-0.4, -0.2) is 49.5 Å². The summed E-state index contributed by atoms with van der Waals surface area (Å²) in [4.78, 5) is 27.0. The average molecular weight is 591 g/mol. The quantitative estimate of drug-likeness (QED) is 0.114. The van der Waals surface area contributed by atoms with Crippen LogP contribution in [0.4, 0.5) is 17.1 Å². The number of benzene rings is 3. The first-order valence-corrected chi connectivity index (χ1v) is 14.0. The molecule has 14 heteroatoms. The first-order valence-electron chi connectivity index (χ1n) is 12.5. The molecule has 0 saturated heterocycles. The second kappa shape index (κ2) is 12.5. The Morgan fingerprint density at radius 2 is 1.93 bits per heavy atom. The Kier molecular flexibility index (Phi) is 8.84. The van der Waals surface area contributed by atoms with Gasteiger partial charge in [-0.05, 0) is 36.2 Å². The minimum atomic E-state index is -4.18. The molecule has 0 fully saturated rings. The van der Waals surface area contributed by atoms with Crippen molar-refractivity contribution in [3.05, 3.63) is 87.6 Å². The van der Waals surface area contributed by atoms with Crippen LogP contribution in [0.3, 0.4) is 0 Å². The number of fused-ring (bicyclic) bond motifs is 1. The van der Waals surface area contributed by atoms with Crippen LogP contribution in [0.5, 0.6) is 11.5 Å². The molecule has 0 saturated carbocycles. The number of phenolic OH excluding ortho intramolecular Hbond substituents is 1. The molecule has 0 aliphatic rings. The van der Waals surface area contributed by atoms with Gasteiger partial charge in [0.15, 0.2) is 16.4 Å². The number of hydrogen-bond donors (Lipinski definition) is 4. The Labute approximate surface area is 241 Å². The summed E-state index contributed by atoms with van der Waals surface area (Å²) in [6.45, 7) is 1.60. The largest absolute Gasteiger partial charge is 0.504 e. The van der Waals surface area contributed by atoms with E-state index in [1.807, 2.05) is 13.0 Å². The van der Waals surface area contributed by atoms with Gasteiger partial charge >= 0.3 is 0 Å². The third-order valence-electron chi connectivity index (χ3n) is 6.26. The van der Waals surface area contributed by atoms with Crippen LogP contribution in [0.1, 0.15) is 16.7 Å². The number of para-hydroxylation sites is 1. The van der Waals surface area contributed by atoms with Gasteiger partial charge in [0, 0.05) is 42.5 Å². The number of aromatic hydroxyl groups is 1. The first-order chi connectivity index (χ1) is 20.0. The molecule has 1 heterocycles. The van der Waals surface area contributed by atoms with Gasteiger partial charge in [0.2, 0.25) is 15.9 Å². The van der Waals surface area contributed by atoms with Crippen LogP contribution in [0.2, 0.25) is 0 Å². The van der Waals surface area contributed by atoms with Crippen LogP contribution >= 0.6 is 0 Å². The molecule has 4 N–H and O–H groups in total. The number of pyridine rings is 1. The predicted molar refractivity (Wildman–Crippen MR) is 154 cm³/mol. The number of nitrogens with zero attached hydrogens (tertiary/aromatic N) is 3. The summed E-state index contributed by atoms with van der Waals surface area (Å²) in [5, 5.41) is 37.6. The van der Waals surface area contributed by atoms with Gasteiger partial charge < -0.3 is 20.5 Å². The highest BCUT2D eigenvalue weighted by atomic mass is 32.2. The molecule has 0 aliphatic heterocycles. The number of rotatable bonds is 11. The average Bonchev–Trinajstić information content (AvgIpc) is 2.96. The molecule has 42 heavy (non-hydrogen) atoms. The van der Waals surface area contributed by atoms with Crippen molar-refractivity contribution in [2.75, 3.05) is 25.5 Å². The van der Waals surface area contributed by atoms with Gasteiger partial charge in [-0.1, -0.05) is 24.3 Å². The molecule has 1 aromatic heterocycles. The number of carbonyl (C=O) groups is 1. The number of methoxy groups -OCH3 is 1. The Morgan fingerprint density at radius 1 is 1.17 bits per heavy atom. The fourth-order valence-electron chi connectivity index (χ4n) is 4.22. The number of carbonyl (C=O) groups excluding carboxylic acids is 1. The molecule has 0 bridgehead atoms. The van der Waals surface area contributed by atoms with E-state index in [2.05, 4.69) is 26.4 Å². The SMILES string of the molecule is COc1cc2ncc(C#N)c(Nc3cc(C)ccc3CC(=O)NCCNS(=O)(=O)c3ccccc3[N+](=O)[O-])c2cc1O. The number of nitro benzene ring substituents is 1. The molecular weight excluding hydrogens is 564 g/mol. The molecule has 0 radical (unpaired) electrons. The maximum Gasteiger partial charge on any atom is 0.289 e. The summed E-state index contributed by atoms with van der Waals surface area (Å²) in [7, 11) is -2.77. The first kappa shape index (κ1) is 29.7. The summed E-state index contributed by atoms with van der Waals surface area (Å²) < 4.78 is 32.5. The molecule has 0 aliphatic carbocycles. The van der Waals surface area contributed by atoms with Gasteiger partial charge in [-0.3, -0.25) is 19.9 Å². The van der Waals surface area contributed by atoms with E-state index in [1.165, 1.54) is 31.5 Å². The standard InChI is InChI=1S/C28H26N6O7S/c1-17-7-8-18(12-27(36)30-9-10-32-42(39,40)26-6-4-3-5-23(26)34(37)38)21(11-17)33-28-19(15-29)16-31-22-14-25(41-2)24(35)13-20(22)28/h3-8,11,13-14,16,32,35H,9-10,12H2,1-2H3,(H,30,36)(H,31,33). The van der Waals surface area contributed by atoms with Crippen molar-refractivity contribution in [1.82, 2.24) is 15.0 Å². The molecule has 3 aromatic carbocycles. The van der Waals surface area contributed by atoms with Crippen LogP contribution in [0.15, 0.2) is 65.7 Å². The van der Waals surface area contributed by atoms with Crippen molar-refractivity contribution in [1.29, 1.82) is 5.26 Å². The third kappa shape index (κ3) is 6.54. The molecule has 1 amide bonds. The van der Waals surface area contributed by atoms with E-state index < -0.39 is 31.4 Å². The lowest BCUT2D eigenvalue weighted by molar-refractivity contribution is -0.387. The van der Waals surface area contributed by atoms with E-state index in [0.29, 0.717) is 27.8 Å². The number of anilines is 2. The van der Waals surface area contributed by atoms with Crippen molar-refractivity contribution in [3.8, 4) is 17.6 Å². The van der Waals surface area contributed by atoms with Crippen LogP contribution in [0, 0.1) is 28.4 Å². The van der Waals surface area contributed by atoms with E-state index in [-0.39, 0.29) is 36.6 Å². The maximum atomic E-state index is 12.8. The van der Waals surface area contributed by atoms with Gasteiger partial charge in [-0.25, -0.2) is 13.1 Å². The number of nitro groups is 1. The molecule has 4 rings (SSSR count). The normalized spacial score (nSPS) is 11.1. The van der Waals surface area contributed by atoms with Crippen molar-refractivity contribution in [3.63, 3.8) is 0 Å². The lowest BCUT2D eigenvalue weighted by Crippen LogP contribution is -2.35. The summed E-state index contributed by atoms with van der Waals surface area (Å²) >= 11 is 0. The van der Waals surface area contributed by atoms with Crippen molar-refractivity contribution < 1.29 is 28.0 Å². The summed E-state index contributed by atoms with van der Waals surface area (Å²) in [6, 6.07) is 15.4. The number of aromatic nitrogens is 1. The zero-order valence-electron chi connectivity index (χ0n) is 22.5. The van der Waals surface area contributed by atoms with E-state index >= 15 is 0 Å². The molecule has 0 unspecified atom stereocenters. The highest BCUT2D eigenvalue weighted by molar-refractivity contribution is 7.89. The van der Waals surface area contributed by atoms with Gasteiger partial charge in [-0.2, -0.15) is 5.26 Å². The monoisotopic (exact) mass is 590 g/mol. The second-order valence-electron chi connectivity index (χ2n) is 9.13. The third-order valence-corrected chi connectivity index (χ3v) is 7.76. The smallest absolute Gasteiger partial charge is 0.289 e. The fourth-order valence-corrected chi connectivity index (χ4v) is 5.42. The Morgan fingerprint density at radius 3 is 2.64 bits per heavy atom. The van der Waals surface area contributed by atoms with Gasteiger partial charge in [0.05, 0.1) is 35.2 Å². The number of hydrogen-bond acceptors (Lipinski definition) is 10. The van der Waals surface area contributed by atoms with Gasteiger partial charge in [-0.15, -0.1) is 0 Å².